The summed E-state index contributed by atoms with van der Waals surface area (Å²) in [5.41, 5.74) is 0.463. The molecule has 0 bridgehead atoms. The molecule has 1 heterocycles. The fourth-order valence-electron chi connectivity index (χ4n) is 3.70. The summed E-state index contributed by atoms with van der Waals surface area (Å²) in [4.78, 5) is 28.2. The Morgan fingerprint density at radius 3 is 2.29 bits per heavy atom. The van der Waals surface area contributed by atoms with Crippen LogP contribution in [0.4, 0.5) is 18.0 Å². The third kappa shape index (κ3) is 9.31. The van der Waals surface area contributed by atoms with Crippen LogP contribution < -0.4 is 4.72 Å². The van der Waals surface area contributed by atoms with Gasteiger partial charge in [-0.15, -0.1) is 5.01 Å². The predicted molar refractivity (Wildman–Crippen MR) is 151 cm³/mol. The van der Waals surface area contributed by atoms with E-state index >= 15 is 0 Å². The minimum absolute atomic E-state index is 0.0434. The Morgan fingerprint density at radius 1 is 1.11 bits per heavy atom. The van der Waals surface area contributed by atoms with Crippen molar-refractivity contribution in [3.63, 3.8) is 0 Å². The molecule has 1 atom stereocenters. The van der Waals surface area contributed by atoms with Gasteiger partial charge in [0.2, 0.25) is 5.28 Å². The maximum atomic E-state index is 13.5. The van der Waals surface area contributed by atoms with Crippen LogP contribution in [0.1, 0.15) is 39.0 Å². The molecule has 18 heteroatoms. The third-order valence-corrected chi connectivity index (χ3v) is 7.29. The first-order chi connectivity index (χ1) is 21.0. The van der Waals surface area contributed by atoms with E-state index in [1.807, 2.05) is 11.6 Å². The van der Waals surface area contributed by atoms with E-state index in [0.717, 1.165) is 33.5 Å². The molecule has 1 N–H and O–H groups in total. The first-order valence-electron chi connectivity index (χ1n) is 13.4. The first kappa shape index (κ1) is 34.6. The van der Waals surface area contributed by atoms with Crippen LogP contribution in [0, 0.1) is 12.1 Å². The topological polar surface area (TPSA) is 167 Å². The van der Waals surface area contributed by atoms with Gasteiger partial charge in [0.1, 0.15) is 0 Å². The lowest BCUT2D eigenvalue weighted by atomic mass is 10.1. The van der Waals surface area contributed by atoms with Crippen molar-refractivity contribution >= 4 is 22.1 Å². The van der Waals surface area contributed by atoms with E-state index in [1.54, 1.807) is 31.2 Å². The molecule has 0 aliphatic heterocycles. The minimum Gasteiger partial charge on any atom is -0.569 e. The van der Waals surface area contributed by atoms with Crippen LogP contribution in [0.25, 0.3) is 16.9 Å². The van der Waals surface area contributed by atoms with Gasteiger partial charge in [0.15, 0.2) is 12.2 Å². The van der Waals surface area contributed by atoms with E-state index in [1.165, 1.54) is 32.9 Å². The number of aromatic nitrogens is 2. The molecule has 0 fully saturated rings. The first-order valence-corrected chi connectivity index (χ1v) is 14.8. The summed E-state index contributed by atoms with van der Waals surface area (Å²) >= 11 is 0. The van der Waals surface area contributed by atoms with Gasteiger partial charge >= 0.3 is 12.3 Å². The van der Waals surface area contributed by atoms with Gasteiger partial charge in [-0.1, -0.05) is 29.8 Å². The summed E-state index contributed by atoms with van der Waals surface area (Å²) < 4.78 is 78.5. The predicted octanol–water partition coefficient (Wildman–Crippen LogP) is 4.71. The normalized spacial score (nSPS) is 12.9. The molecule has 1 unspecified atom stereocenters. The standard InChI is InChI=1S/C27H31F3N6O8S/c1-6-42-26(38)43-19(5)44-33-36(39)34(17(2)3)16-25(37)32-45(40,41)22-13-11-21(12-14-22)35-23(15-24(31-35)27(28,29)30)20-9-7-18(4)8-10-20/h7-15,17,19H,6,16H2,1-5H3,(H,32,37). The average Bonchev–Trinajstić information content (AvgIpc) is 3.41. The van der Waals surface area contributed by atoms with Crippen molar-refractivity contribution in [3.05, 3.63) is 71.1 Å². The molecular formula is C27H31F3N6O8S. The minimum atomic E-state index is -4.73. The third-order valence-electron chi connectivity index (χ3n) is 5.90. The van der Waals surface area contributed by atoms with E-state index < -0.39 is 52.8 Å². The Hall–Kier alpha value is -4.87. The maximum Gasteiger partial charge on any atom is 0.511 e. The van der Waals surface area contributed by atoms with Gasteiger partial charge in [-0.3, -0.25) is 9.63 Å². The highest BCUT2D eigenvalue weighted by atomic mass is 32.2. The van der Waals surface area contributed by atoms with Gasteiger partial charge in [-0.05, 0) is 58.0 Å². The number of amides is 1. The van der Waals surface area contributed by atoms with E-state index in [9.17, 15) is 36.4 Å². The summed E-state index contributed by atoms with van der Waals surface area (Å²) in [7, 11) is -4.47. The molecule has 0 aliphatic rings. The number of rotatable bonds is 12. The zero-order valence-corrected chi connectivity index (χ0v) is 25.6. The molecule has 3 aromatic rings. The summed E-state index contributed by atoms with van der Waals surface area (Å²) in [6.45, 7) is 6.94. The second kappa shape index (κ2) is 14.3. The van der Waals surface area contributed by atoms with Crippen LogP contribution in [-0.2, 0) is 35.3 Å². The number of carbonyl (C=O) groups excluding carboxylic acids is 2. The zero-order valence-electron chi connectivity index (χ0n) is 24.8. The van der Waals surface area contributed by atoms with Crippen LogP contribution >= 0.6 is 0 Å². The van der Waals surface area contributed by atoms with Crippen LogP contribution in [0.5, 0.6) is 0 Å². The fraction of sp³-hybridized carbons (Fsp3) is 0.370. The van der Waals surface area contributed by atoms with Gasteiger partial charge < -0.3 is 14.7 Å². The van der Waals surface area contributed by atoms with Crippen LogP contribution in [-0.4, -0.2) is 65.7 Å². The molecule has 1 aromatic heterocycles. The van der Waals surface area contributed by atoms with Crippen molar-refractivity contribution in [2.45, 2.75) is 58.0 Å². The number of hydrogen-bond acceptors (Lipinski definition) is 10. The second-order valence-corrected chi connectivity index (χ2v) is 11.4. The highest BCUT2D eigenvalue weighted by Crippen LogP contribution is 2.33. The van der Waals surface area contributed by atoms with Crippen molar-refractivity contribution < 1.29 is 50.5 Å². The molecule has 3 rings (SSSR count). The van der Waals surface area contributed by atoms with Crippen molar-refractivity contribution in [1.29, 1.82) is 0 Å². The smallest absolute Gasteiger partial charge is 0.511 e. The van der Waals surface area contributed by atoms with E-state index in [-0.39, 0.29) is 27.9 Å². The van der Waals surface area contributed by atoms with Crippen molar-refractivity contribution in [3.8, 4) is 16.9 Å². The molecule has 14 nitrogen and oxygen atoms in total. The Balaban J connectivity index is 1.76. The zero-order chi connectivity index (χ0) is 33.5. The van der Waals surface area contributed by atoms with Crippen LogP contribution in [0.2, 0.25) is 0 Å². The van der Waals surface area contributed by atoms with Crippen LogP contribution in [0.3, 0.4) is 0 Å². The Labute approximate surface area is 256 Å². The lowest BCUT2D eigenvalue weighted by Crippen LogP contribution is -2.45. The molecule has 0 aliphatic carbocycles. The molecule has 45 heavy (non-hydrogen) atoms. The van der Waals surface area contributed by atoms with Crippen molar-refractivity contribution in [2.24, 2.45) is 5.28 Å². The highest BCUT2D eigenvalue weighted by Gasteiger charge is 2.35. The summed E-state index contributed by atoms with van der Waals surface area (Å²) in [6, 6.07) is 11.6. The molecule has 1 amide bonds. The summed E-state index contributed by atoms with van der Waals surface area (Å²) in [5, 5.41) is 20.1. The number of nitrogens with zero attached hydrogens (tertiary/aromatic N) is 5. The molecule has 0 radical (unpaired) electrons. The lowest BCUT2D eigenvalue weighted by molar-refractivity contribution is -0.717. The highest BCUT2D eigenvalue weighted by molar-refractivity contribution is 7.90. The number of hydrazine groups is 1. The van der Waals surface area contributed by atoms with Gasteiger partial charge in [0.25, 0.3) is 22.2 Å². The number of nitrogens with one attached hydrogen (secondary N) is 1. The number of carbonyl (C=O) groups is 2. The van der Waals surface area contributed by atoms with Gasteiger partial charge in [0, 0.05) is 12.5 Å². The SMILES string of the molecule is CCOC(=O)OC(C)ON=[N+]([O-])N(CC(=O)NS(=O)(=O)c1ccc(-n2nc(C(F)(F)F)cc2-c2ccc(C)cc2)cc1)C(C)C. The number of benzene rings is 2. The van der Waals surface area contributed by atoms with Gasteiger partial charge in [-0.25, -0.2) is 22.6 Å². The molecule has 0 spiro atoms. The number of ether oxygens (including phenoxy) is 2. The van der Waals surface area contributed by atoms with Gasteiger partial charge in [-0.2, -0.15) is 18.3 Å². The number of hydrogen-bond donors (Lipinski definition) is 1. The van der Waals surface area contributed by atoms with Crippen molar-refractivity contribution in [1.82, 2.24) is 19.5 Å². The van der Waals surface area contributed by atoms with Gasteiger partial charge in [0.05, 0.1) is 33.9 Å². The van der Waals surface area contributed by atoms with E-state index in [0.29, 0.717) is 5.56 Å². The molecular weight excluding hydrogens is 625 g/mol. The molecule has 2 aromatic carbocycles. The Kier molecular flexibility index (Phi) is 11.0. The van der Waals surface area contributed by atoms with Crippen LogP contribution in [0.15, 0.2) is 64.8 Å². The number of sulfonamides is 1. The number of halogens is 3. The maximum absolute atomic E-state index is 13.5. The molecule has 244 valence electrons. The lowest BCUT2D eigenvalue weighted by Gasteiger charge is -2.21. The largest absolute Gasteiger partial charge is 0.569 e. The van der Waals surface area contributed by atoms with Crippen molar-refractivity contribution in [2.75, 3.05) is 13.2 Å². The second-order valence-electron chi connectivity index (χ2n) is 9.71. The Morgan fingerprint density at radius 2 is 1.73 bits per heavy atom. The summed E-state index contributed by atoms with van der Waals surface area (Å²) in [6.07, 6.45) is -7.10. The van der Waals surface area contributed by atoms with E-state index in [4.69, 9.17) is 4.84 Å². The molecule has 0 saturated carbocycles. The summed E-state index contributed by atoms with van der Waals surface area (Å²) in [5.74, 6) is -1.11. The average molecular weight is 657 g/mol. The Bertz CT molecular complexity index is 1630. The number of aryl methyl sites for hydroxylation is 1. The monoisotopic (exact) mass is 656 g/mol. The molecule has 0 saturated heterocycles. The number of alkyl halides is 3. The van der Waals surface area contributed by atoms with E-state index in [2.05, 4.69) is 19.8 Å². The quantitative estimate of drug-likeness (QED) is 0.0948. The fourth-order valence-corrected chi connectivity index (χ4v) is 4.68.